The molecule has 2 N–H and O–H groups in total. The SMILES string of the molecule is Cc1ccnc(CC[C@@H](C)N2CCC(N(Cc3ccsc3)C(=O)Cn3ccnc3)CC2)c1C(N)=O. The van der Waals surface area contributed by atoms with Gasteiger partial charge in [0.25, 0.3) is 5.91 Å². The van der Waals surface area contributed by atoms with Gasteiger partial charge in [-0.1, -0.05) is 0 Å². The smallest absolute Gasteiger partial charge is 0.250 e. The molecule has 0 saturated carbocycles. The fourth-order valence-electron chi connectivity index (χ4n) is 4.93. The van der Waals surface area contributed by atoms with E-state index in [0.29, 0.717) is 31.1 Å². The van der Waals surface area contributed by atoms with Gasteiger partial charge in [-0.05, 0) is 73.6 Å². The molecule has 3 aromatic heterocycles. The van der Waals surface area contributed by atoms with Crippen LogP contribution in [0.2, 0.25) is 0 Å². The molecule has 0 aliphatic carbocycles. The van der Waals surface area contributed by atoms with E-state index in [9.17, 15) is 9.59 Å². The van der Waals surface area contributed by atoms with Gasteiger partial charge in [0.15, 0.2) is 0 Å². The van der Waals surface area contributed by atoms with Crippen LogP contribution in [0.25, 0.3) is 0 Å². The number of carbonyl (C=O) groups excluding carboxylic acids is 2. The fourth-order valence-corrected chi connectivity index (χ4v) is 5.59. The monoisotopic (exact) mass is 494 g/mol. The van der Waals surface area contributed by atoms with E-state index in [1.54, 1.807) is 30.1 Å². The topological polar surface area (TPSA) is 97.3 Å². The minimum atomic E-state index is -0.412. The number of pyridine rings is 1. The molecule has 2 amide bonds. The normalized spacial score (nSPS) is 15.7. The van der Waals surface area contributed by atoms with Crippen molar-refractivity contribution in [2.45, 2.75) is 64.7 Å². The lowest BCUT2D eigenvalue weighted by atomic mass is 9.98. The van der Waals surface area contributed by atoms with E-state index in [1.807, 2.05) is 23.8 Å². The molecule has 1 aliphatic rings. The molecule has 0 unspecified atom stereocenters. The number of imidazole rings is 1. The maximum Gasteiger partial charge on any atom is 0.250 e. The highest BCUT2D eigenvalue weighted by Gasteiger charge is 2.30. The van der Waals surface area contributed by atoms with Gasteiger partial charge in [-0.2, -0.15) is 11.3 Å². The van der Waals surface area contributed by atoms with Crippen LogP contribution in [-0.2, 0) is 24.3 Å². The molecule has 1 aliphatic heterocycles. The van der Waals surface area contributed by atoms with Crippen molar-refractivity contribution in [1.82, 2.24) is 24.3 Å². The molecule has 9 heteroatoms. The number of nitrogens with two attached hydrogens (primary N) is 1. The average molecular weight is 495 g/mol. The lowest BCUT2D eigenvalue weighted by Crippen LogP contribution is -2.49. The van der Waals surface area contributed by atoms with Gasteiger partial charge in [0, 0.05) is 50.3 Å². The van der Waals surface area contributed by atoms with E-state index in [4.69, 9.17) is 5.73 Å². The maximum absolute atomic E-state index is 13.2. The number of hydrogen-bond acceptors (Lipinski definition) is 6. The van der Waals surface area contributed by atoms with E-state index in [2.05, 4.69) is 43.5 Å². The van der Waals surface area contributed by atoms with Gasteiger partial charge >= 0.3 is 0 Å². The lowest BCUT2D eigenvalue weighted by Gasteiger charge is -2.41. The zero-order valence-corrected chi connectivity index (χ0v) is 21.3. The summed E-state index contributed by atoms with van der Waals surface area (Å²) in [4.78, 5) is 38.2. The molecule has 1 fully saturated rings. The second-order valence-electron chi connectivity index (χ2n) is 9.36. The van der Waals surface area contributed by atoms with Gasteiger partial charge in [0.05, 0.1) is 17.6 Å². The predicted octanol–water partition coefficient (Wildman–Crippen LogP) is 3.26. The molecule has 186 valence electrons. The summed E-state index contributed by atoms with van der Waals surface area (Å²) in [5.41, 5.74) is 8.99. The standard InChI is InChI=1S/C26H34N6O2S/c1-19-5-9-29-23(25(19)26(27)34)4-3-20(2)31-11-6-22(7-12-31)32(15-21-8-14-35-17-21)24(33)16-30-13-10-28-18-30/h5,8-10,13-14,17-18,20,22H,3-4,6-7,11-12,15-16H2,1-2H3,(H2,27,34)/t20-/m1/s1. The Labute approximate surface area is 210 Å². The van der Waals surface area contributed by atoms with Gasteiger partial charge in [-0.3, -0.25) is 14.6 Å². The molecule has 8 nitrogen and oxygen atoms in total. The molecule has 3 aromatic rings. The molecule has 4 heterocycles. The Morgan fingerprint density at radius 1 is 1.26 bits per heavy atom. The van der Waals surface area contributed by atoms with E-state index < -0.39 is 5.91 Å². The van der Waals surface area contributed by atoms with Crippen LogP contribution in [0.3, 0.4) is 0 Å². The maximum atomic E-state index is 13.2. The van der Waals surface area contributed by atoms with Crippen molar-refractivity contribution >= 4 is 23.2 Å². The van der Waals surface area contributed by atoms with Crippen LogP contribution < -0.4 is 5.73 Å². The summed E-state index contributed by atoms with van der Waals surface area (Å²) in [6.07, 6.45) is 10.5. The molecule has 35 heavy (non-hydrogen) atoms. The number of hydrogen-bond donors (Lipinski definition) is 1. The predicted molar refractivity (Wildman–Crippen MR) is 137 cm³/mol. The minimum Gasteiger partial charge on any atom is -0.366 e. The zero-order chi connectivity index (χ0) is 24.8. The number of nitrogens with zero attached hydrogens (tertiary/aromatic N) is 5. The van der Waals surface area contributed by atoms with Crippen LogP contribution in [0.5, 0.6) is 0 Å². The number of piperidine rings is 1. The van der Waals surface area contributed by atoms with Crippen molar-refractivity contribution in [2.24, 2.45) is 5.73 Å². The number of thiophene rings is 1. The van der Waals surface area contributed by atoms with Crippen molar-refractivity contribution in [3.05, 3.63) is 70.2 Å². The largest absolute Gasteiger partial charge is 0.366 e. The Hall–Kier alpha value is -3.04. The number of carbonyl (C=O) groups is 2. The first-order valence-corrected chi connectivity index (χ1v) is 13.1. The Bertz CT molecular complexity index is 1110. The third-order valence-electron chi connectivity index (χ3n) is 6.98. The van der Waals surface area contributed by atoms with Crippen molar-refractivity contribution < 1.29 is 9.59 Å². The van der Waals surface area contributed by atoms with Crippen LogP contribution in [0.4, 0.5) is 0 Å². The number of aromatic nitrogens is 3. The first kappa shape index (κ1) is 25.1. The third-order valence-corrected chi connectivity index (χ3v) is 7.71. The summed E-state index contributed by atoms with van der Waals surface area (Å²) < 4.78 is 1.83. The highest BCUT2D eigenvalue weighted by Crippen LogP contribution is 2.23. The number of amides is 2. The minimum absolute atomic E-state index is 0.130. The number of rotatable bonds is 10. The zero-order valence-electron chi connectivity index (χ0n) is 20.5. The van der Waals surface area contributed by atoms with Gasteiger partial charge in [0.1, 0.15) is 6.54 Å². The molecule has 0 aromatic carbocycles. The number of likely N-dealkylation sites (tertiary alicyclic amines) is 1. The molecule has 0 bridgehead atoms. The molecule has 0 spiro atoms. The summed E-state index contributed by atoms with van der Waals surface area (Å²) in [6, 6.07) is 4.49. The summed E-state index contributed by atoms with van der Waals surface area (Å²) >= 11 is 1.66. The van der Waals surface area contributed by atoms with Crippen molar-refractivity contribution in [3.63, 3.8) is 0 Å². The van der Waals surface area contributed by atoms with E-state index in [0.717, 1.165) is 43.6 Å². The quantitative estimate of drug-likeness (QED) is 0.467. The average Bonchev–Trinajstić information content (AvgIpc) is 3.55. The molecule has 1 saturated heterocycles. The summed E-state index contributed by atoms with van der Waals surface area (Å²) in [5, 5.41) is 4.18. The summed E-state index contributed by atoms with van der Waals surface area (Å²) in [7, 11) is 0. The molecular formula is C26H34N6O2S. The van der Waals surface area contributed by atoms with Gasteiger partial charge in [0.2, 0.25) is 5.91 Å². The van der Waals surface area contributed by atoms with E-state index >= 15 is 0 Å². The van der Waals surface area contributed by atoms with Gasteiger partial charge in [-0.25, -0.2) is 4.98 Å². The van der Waals surface area contributed by atoms with Crippen LogP contribution in [0.1, 0.15) is 53.4 Å². The number of aryl methyl sites for hydroxylation is 2. The van der Waals surface area contributed by atoms with E-state index in [1.165, 1.54) is 5.56 Å². The van der Waals surface area contributed by atoms with Crippen LogP contribution in [0, 0.1) is 6.92 Å². The molecule has 4 rings (SSSR count). The Kier molecular flexibility index (Phi) is 8.30. The summed E-state index contributed by atoms with van der Waals surface area (Å²) in [6.45, 7) is 6.96. The van der Waals surface area contributed by atoms with Crippen LogP contribution in [-0.4, -0.2) is 61.3 Å². The second kappa shape index (κ2) is 11.6. The van der Waals surface area contributed by atoms with Crippen molar-refractivity contribution in [1.29, 1.82) is 0 Å². The molecular weight excluding hydrogens is 460 g/mol. The highest BCUT2D eigenvalue weighted by atomic mass is 32.1. The lowest BCUT2D eigenvalue weighted by molar-refractivity contribution is -0.136. The van der Waals surface area contributed by atoms with Gasteiger partial charge < -0.3 is 20.1 Å². The van der Waals surface area contributed by atoms with Crippen LogP contribution >= 0.6 is 11.3 Å². The highest BCUT2D eigenvalue weighted by molar-refractivity contribution is 7.07. The Morgan fingerprint density at radius 3 is 2.71 bits per heavy atom. The first-order chi connectivity index (χ1) is 16.9. The Balaban J connectivity index is 1.35. The Morgan fingerprint density at radius 2 is 2.06 bits per heavy atom. The summed E-state index contributed by atoms with van der Waals surface area (Å²) in [5.74, 6) is -0.282. The third kappa shape index (κ3) is 6.35. The fraction of sp³-hybridized carbons (Fsp3) is 0.462. The number of primary amides is 1. The van der Waals surface area contributed by atoms with Crippen molar-refractivity contribution in [3.8, 4) is 0 Å². The second-order valence-corrected chi connectivity index (χ2v) is 10.1. The van der Waals surface area contributed by atoms with Crippen LogP contribution in [0.15, 0.2) is 47.8 Å². The van der Waals surface area contributed by atoms with Gasteiger partial charge in [-0.15, -0.1) is 0 Å². The van der Waals surface area contributed by atoms with Crippen molar-refractivity contribution in [2.75, 3.05) is 13.1 Å². The van der Waals surface area contributed by atoms with E-state index in [-0.39, 0.29) is 11.9 Å². The molecule has 0 radical (unpaired) electrons. The first-order valence-electron chi connectivity index (χ1n) is 12.2. The molecule has 1 atom stereocenters.